The molecule has 3 heterocycles. The number of ether oxygens (including phenoxy) is 1. The fourth-order valence-electron chi connectivity index (χ4n) is 3.26. The molecule has 1 saturated heterocycles. The predicted octanol–water partition coefficient (Wildman–Crippen LogP) is 0.0609. The molecule has 25 heavy (non-hydrogen) atoms. The lowest BCUT2D eigenvalue weighted by atomic mass is 9.92. The van der Waals surface area contributed by atoms with Gasteiger partial charge in [-0.25, -0.2) is 4.68 Å². The summed E-state index contributed by atoms with van der Waals surface area (Å²) in [5.41, 5.74) is 0.641. The Morgan fingerprint density at radius 2 is 2.24 bits per heavy atom. The first-order valence-corrected chi connectivity index (χ1v) is 8.35. The van der Waals surface area contributed by atoms with Crippen molar-refractivity contribution in [1.29, 1.82) is 0 Å². The van der Waals surface area contributed by atoms with Crippen LogP contribution in [0.4, 0.5) is 0 Å². The average Bonchev–Trinajstić information content (AvgIpc) is 3.14. The SMILES string of the molecule is Cc1nn(C)c(C)c1OCC(=O)N1CCCC(O)(Cn2ccnn2)C1. The zero-order valence-corrected chi connectivity index (χ0v) is 14.8. The lowest BCUT2D eigenvalue weighted by Gasteiger charge is -2.39. The second kappa shape index (κ2) is 6.83. The topological polar surface area (TPSA) is 98.3 Å². The number of aromatic nitrogens is 5. The number of β-amino-alcohol motifs (C(OH)–C–C–N with tert-alkyl or cyclic N) is 1. The van der Waals surface area contributed by atoms with E-state index in [1.54, 1.807) is 26.7 Å². The third-order valence-electron chi connectivity index (χ3n) is 4.62. The van der Waals surface area contributed by atoms with E-state index in [1.807, 2.05) is 20.9 Å². The van der Waals surface area contributed by atoms with Gasteiger partial charge >= 0.3 is 0 Å². The summed E-state index contributed by atoms with van der Waals surface area (Å²) in [6.45, 7) is 4.89. The summed E-state index contributed by atoms with van der Waals surface area (Å²) >= 11 is 0. The minimum atomic E-state index is -0.998. The highest BCUT2D eigenvalue weighted by atomic mass is 16.5. The molecule has 2 aromatic rings. The maximum atomic E-state index is 12.5. The van der Waals surface area contributed by atoms with Crippen molar-refractivity contribution in [3.63, 3.8) is 0 Å². The van der Waals surface area contributed by atoms with Crippen LogP contribution in [0, 0.1) is 13.8 Å². The summed E-state index contributed by atoms with van der Waals surface area (Å²) in [6.07, 6.45) is 4.64. The zero-order chi connectivity index (χ0) is 18.0. The van der Waals surface area contributed by atoms with E-state index in [0.29, 0.717) is 25.3 Å². The molecule has 3 rings (SSSR count). The van der Waals surface area contributed by atoms with E-state index in [1.165, 1.54) is 0 Å². The molecule has 1 fully saturated rings. The first-order valence-electron chi connectivity index (χ1n) is 8.35. The van der Waals surface area contributed by atoms with Gasteiger partial charge in [0.25, 0.3) is 5.91 Å². The minimum Gasteiger partial charge on any atom is -0.480 e. The number of carbonyl (C=O) groups is 1. The normalized spacial score (nSPS) is 20.7. The Balaban J connectivity index is 1.60. The van der Waals surface area contributed by atoms with Crippen LogP contribution in [0.15, 0.2) is 12.4 Å². The number of likely N-dealkylation sites (tertiary alicyclic amines) is 1. The lowest BCUT2D eigenvalue weighted by Crippen LogP contribution is -2.53. The first kappa shape index (κ1) is 17.4. The Labute approximate surface area is 146 Å². The standard InChI is InChI=1S/C16H24N6O3/c1-12-15(13(2)20(3)18-12)25-9-14(23)21-7-4-5-16(24,10-21)11-22-8-6-17-19-22/h6,8,24H,4-5,7,9-11H2,1-3H3. The molecule has 0 saturated carbocycles. The van der Waals surface area contributed by atoms with Crippen LogP contribution in [-0.2, 0) is 18.4 Å². The van der Waals surface area contributed by atoms with E-state index in [4.69, 9.17) is 4.74 Å². The zero-order valence-electron chi connectivity index (χ0n) is 14.8. The molecule has 1 atom stereocenters. The second-order valence-electron chi connectivity index (χ2n) is 6.66. The molecular formula is C16H24N6O3. The van der Waals surface area contributed by atoms with Gasteiger partial charge in [-0.3, -0.25) is 9.48 Å². The van der Waals surface area contributed by atoms with Crippen molar-refractivity contribution < 1.29 is 14.6 Å². The quantitative estimate of drug-likeness (QED) is 0.820. The van der Waals surface area contributed by atoms with E-state index < -0.39 is 5.60 Å². The van der Waals surface area contributed by atoms with Crippen molar-refractivity contribution in [2.24, 2.45) is 7.05 Å². The molecule has 1 amide bonds. The van der Waals surface area contributed by atoms with Gasteiger partial charge in [0.05, 0.1) is 25.0 Å². The van der Waals surface area contributed by atoms with E-state index >= 15 is 0 Å². The smallest absolute Gasteiger partial charge is 0.260 e. The Hall–Kier alpha value is -2.42. The molecule has 1 aliphatic heterocycles. The van der Waals surface area contributed by atoms with E-state index in [9.17, 15) is 9.90 Å². The summed E-state index contributed by atoms with van der Waals surface area (Å²) < 4.78 is 9.01. The first-order chi connectivity index (χ1) is 11.9. The number of hydrogen-bond donors (Lipinski definition) is 1. The number of hydrogen-bond acceptors (Lipinski definition) is 6. The molecule has 1 N–H and O–H groups in total. The van der Waals surface area contributed by atoms with Crippen LogP contribution in [-0.4, -0.2) is 66.0 Å². The molecular weight excluding hydrogens is 324 g/mol. The molecule has 0 radical (unpaired) electrons. The highest BCUT2D eigenvalue weighted by molar-refractivity contribution is 5.78. The van der Waals surface area contributed by atoms with Crippen LogP contribution in [0.1, 0.15) is 24.2 Å². The number of rotatable bonds is 5. The Morgan fingerprint density at radius 1 is 1.44 bits per heavy atom. The Kier molecular flexibility index (Phi) is 4.76. The third kappa shape index (κ3) is 3.81. The van der Waals surface area contributed by atoms with Gasteiger partial charge in [0, 0.05) is 19.8 Å². The second-order valence-corrected chi connectivity index (χ2v) is 6.66. The van der Waals surface area contributed by atoms with Crippen LogP contribution in [0.25, 0.3) is 0 Å². The van der Waals surface area contributed by atoms with Crippen molar-refractivity contribution in [1.82, 2.24) is 29.7 Å². The summed E-state index contributed by atoms with van der Waals surface area (Å²) in [7, 11) is 1.84. The molecule has 0 aliphatic carbocycles. The van der Waals surface area contributed by atoms with Gasteiger partial charge in [-0.1, -0.05) is 5.21 Å². The fraction of sp³-hybridized carbons (Fsp3) is 0.625. The Morgan fingerprint density at radius 3 is 2.88 bits per heavy atom. The summed E-state index contributed by atoms with van der Waals surface area (Å²) in [6, 6.07) is 0. The molecule has 1 aliphatic rings. The summed E-state index contributed by atoms with van der Waals surface area (Å²) in [5, 5.41) is 22.7. The predicted molar refractivity (Wildman–Crippen MR) is 89.0 cm³/mol. The van der Waals surface area contributed by atoms with Gasteiger partial charge in [0.15, 0.2) is 12.4 Å². The molecule has 9 nitrogen and oxygen atoms in total. The van der Waals surface area contributed by atoms with Crippen LogP contribution in [0.2, 0.25) is 0 Å². The molecule has 9 heteroatoms. The van der Waals surface area contributed by atoms with Crippen LogP contribution in [0.3, 0.4) is 0 Å². The number of aliphatic hydroxyl groups is 1. The number of aryl methyl sites for hydroxylation is 2. The average molecular weight is 348 g/mol. The van der Waals surface area contributed by atoms with Crippen LogP contribution < -0.4 is 4.74 Å². The highest BCUT2D eigenvalue weighted by Crippen LogP contribution is 2.24. The van der Waals surface area contributed by atoms with Crippen molar-refractivity contribution >= 4 is 5.91 Å². The van der Waals surface area contributed by atoms with Crippen LogP contribution in [0.5, 0.6) is 5.75 Å². The van der Waals surface area contributed by atoms with Crippen molar-refractivity contribution in [2.75, 3.05) is 19.7 Å². The maximum Gasteiger partial charge on any atom is 0.260 e. The van der Waals surface area contributed by atoms with Crippen LogP contribution >= 0.6 is 0 Å². The molecule has 0 bridgehead atoms. The largest absolute Gasteiger partial charge is 0.480 e. The molecule has 0 spiro atoms. The number of amides is 1. The third-order valence-corrected chi connectivity index (χ3v) is 4.62. The van der Waals surface area contributed by atoms with E-state index in [0.717, 1.165) is 17.8 Å². The molecule has 1 unspecified atom stereocenters. The van der Waals surface area contributed by atoms with Gasteiger partial charge in [-0.2, -0.15) is 5.10 Å². The monoisotopic (exact) mass is 348 g/mol. The summed E-state index contributed by atoms with van der Waals surface area (Å²) in [4.78, 5) is 14.2. The minimum absolute atomic E-state index is 0.0627. The summed E-state index contributed by atoms with van der Waals surface area (Å²) in [5.74, 6) is 0.505. The Bertz CT molecular complexity index is 741. The molecule has 2 aromatic heterocycles. The van der Waals surface area contributed by atoms with Gasteiger partial charge in [0.1, 0.15) is 11.3 Å². The van der Waals surface area contributed by atoms with Gasteiger partial charge in [0.2, 0.25) is 0 Å². The highest BCUT2D eigenvalue weighted by Gasteiger charge is 2.36. The fourth-order valence-corrected chi connectivity index (χ4v) is 3.26. The van der Waals surface area contributed by atoms with Crippen molar-refractivity contribution in [3.8, 4) is 5.75 Å². The van der Waals surface area contributed by atoms with Gasteiger partial charge in [-0.05, 0) is 26.7 Å². The van der Waals surface area contributed by atoms with Crippen molar-refractivity contribution in [3.05, 3.63) is 23.8 Å². The lowest BCUT2D eigenvalue weighted by molar-refractivity contribution is -0.141. The number of nitrogens with zero attached hydrogens (tertiary/aromatic N) is 6. The van der Waals surface area contributed by atoms with E-state index in [-0.39, 0.29) is 19.1 Å². The van der Waals surface area contributed by atoms with Gasteiger partial charge < -0.3 is 14.7 Å². The molecule has 0 aromatic carbocycles. The molecule has 136 valence electrons. The number of piperidine rings is 1. The van der Waals surface area contributed by atoms with Crippen molar-refractivity contribution in [2.45, 2.75) is 38.8 Å². The van der Waals surface area contributed by atoms with E-state index in [2.05, 4.69) is 15.4 Å². The maximum absolute atomic E-state index is 12.5. The van der Waals surface area contributed by atoms with Gasteiger partial charge in [-0.15, -0.1) is 5.10 Å². The number of carbonyl (C=O) groups excluding carboxylic acids is 1.